The van der Waals surface area contributed by atoms with Crippen molar-refractivity contribution in [3.05, 3.63) is 57.8 Å². The van der Waals surface area contributed by atoms with Crippen LogP contribution in [-0.4, -0.2) is 11.1 Å². The Balaban J connectivity index is 2.51. The molecule has 18 heavy (non-hydrogen) atoms. The smallest absolute Gasteiger partial charge is 0.336 e. The van der Waals surface area contributed by atoms with Crippen LogP contribution in [0.5, 0.6) is 0 Å². The third kappa shape index (κ3) is 2.81. The fraction of sp³-hybridized carbons (Fsp3) is 0. The zero-order chi connectivity index (χ0) is 13.1. The molecule has 0 unspecified atom stereocenters. The van der Waals surface area contributed by atoms with Gasteiger partial charge in [0.25, 0.3) is 0 Å². The van der Waals surface area contributed by atoms with E-state index in [1.54, 1.807) is 16.8 Å². The van der Waals surface area contributed by atoms with E-state index in [-0.39, 0.29) is 11.1 Å². The number of hydrogen-bond donors (Lipinski definition) is 1. The van der Waals surface area contributed by atoms with Gasteiger partial charge in [-0.3, -0.25) is 0 Å². The van der Waals surface area contributed by atoms with E-state index in [9.17, 15) is 13.6 Å². The third-order valence-corrected chi connectivity index (χ3v) is 2.96. The fourth-order valence-electron chi connectivity index (χ4n) is 1.50. The summed E-state index contributed by atoms with van der Waals surface area (Å²) in [5, 5.41) is 12.6. The first kappa shape index (κ1) is 12.4. The van der Waals surface area contributed by atoms with Crippen LogP contribution in [0.1, 0.15) is 11.1 Å². The highest BCUT2D eigenvalue weighted by molar-refractivity contribution is 7.08. The Hall–Kier alpha value is -2.01. The van der Waals surface area contributed by atoms with Gasteiger partial charge in [0, 0.05) is 6.07 Å². The molecule has 0 aliphatic carbocycles. The van der Waals surface area contributed by atoms with Crippen LogP contribution in [0, 0.1) is 11.6 Å². The minimum absolute atomic E-state index is 0.00574. The van der Waals surface area contributed by atoms with Gasteiger partial charge in [-0.1, -0.05) is 0 Å². The van der Waals surface area contributed by atoms with Crippen molar-refractivity contribution in [1.82, 2.24) is 0 Å². The van der Waals surface area contributed by atoms with E-state index in [2.05, 4.69) is 0 Å². The quantitative estimate of drug-likeness (QED) is 0.861. The molecule has 92 valence electrons. The standard InChI is InChI=1S/C13H8F2O2S/c14-10-4-9(5-11(15)6-10)12(13(16)17)3-8-1-2-18-7-8/h1-7H,(H,16,17)/b12-3+. The number of carbonyl (C=O) groups is 1. The lowest BCUT2D eigenvalue weighted by Crippen LogP contribution is -2.00. The first-order valence-corrected chi connectivity index (χ1v) is 5.94. The van der Waals surface area contributed by atoms with Gasteiger partial charge in [0.05, 0.1) is 5.57 Å². The lowest BCUT2D eigenvalue weighted by atomic mass is 10.0. The van der Waals surface area contributed by atoms with Gasteiger partial charge in [-0.2, -0.15) is 11.3 Å². The number of halogens is 2. The maximum atomic E-state index is 13.1. The maximum absolute atomic E-state index is 13.1. The molecular weight excluding hydrogens is 258 g/mol. The van der Waals surface area contributed by atoms with E-state index >= 15 is 0 Å². The molecule has 0 spiro atoms. The molecule has 2 aromatic rings. The zero-order valence-electron chi connectivity index (χ0n) is 9.06. The molecule has 5 heteroatoms. The number of thiophene rings is 1. The second-order valence-electron chi connectivity index (χ2n) is 3.58. The SMILES string of the molecule is O=C(O)/C(=C/c1ccsc1)c1cc(F)cc(F)c1. The summed E-state index contributed by atoms with van der Waals surface area (Å²) in [4.78, 5) is 11.1. The molecule has 2 rings (SSSR count). The lowest BCUT2D eigenvalue weighted by Gasteiger charge is -2.03. The van der Waals surface area contributed by atoms with Gasteiger partial charge < -0.3 is 5.11 Å². The number of aliphatic carboxylic acids is 1. The summed E-state index contributed by atoms with van der Waals surface area (Å²) < 4.78 is 26.1. The average molecular weight is 266 g/mol. The maximum Gasteiger partial charge on any atom is 0.336 e. The summed E-state index contributed by atoms with van der Waals surface area (Å²) >= 11 is 1.41. The van der Waals surface area contributed by atoms with Crippen LogP contribution in [0.15, 0.2) is 35.0 Å². The topological polar surface area (TPSA) is 37.3 Å². The molecule has 0 radical (unpaired) electrons. The van der Waals surface area contributed by atoms with Crippen molar-refractivity contribution in [2.45, 2.75) is 0 Å². The van der Waals surface area contributed by atoms with E-state index in [1.165, 1.54) is 17.4 Å². The number of rotatable bonds is 3. The first-order chi connectivity index (χ1) is 8.56. The molecule has 1 aromatic carbocycles. The van der Waals surface area contributed by atoms with Crippen molar-refractivity contribution in [2.75, 3.05) is 0 Å². The molecule has 2 nitrogen and oxygen atoms in total. The van der Waals surface area contributed by atoms with Crippen LogP contribution in [0.3, 0.4) is 0 Å². The second kappa shape index (κ2) is 5.10. The highest BCUT2D eigenvalue weighted by Gasteiger charge is 2.13. The van der Waals surface area contributed by atoms with E-state index in [0.29, 0.717) is 11.6 Å². The van der Waals surface area contributed by atoms with Crippen molar-refractivity contribution in [2.24, 2.45) is 0 Å². The van der Waals surface area contributed by atoms with Gasteiger partial charge in [-0.25, -0.2) is 13.6 Å². The van der Waals surface area contributed by atoms with Gasteiger partial charge in [-0.15, -0.1) is 0 Å². The lowest BCUT2D eigenvalue weighted by molar-refractivity contribution is -0.130. The Morgan fingerprint density at radius 3 is 2.39 bits per heavy atom. The Labute approximate surface area is 106 Å². The normalized spacial score (nSPS) is 11.6. The van der Waals surface area contributed by atoms with Crippen LogP contribution >= 0.6 is 11.3 Å². The van der Waals surface area contributed by atoms with Crippen LogP contribution in [-0.2, 0) is 4.79 Å². The summed E-state index contributed by atoms with van der Waals surface area (Å²) in [6.45, 7) is 0. The molecule has 0 saturated heterocycles. The predicted octanol–water partition coefficient (Wildman–Crippen LogP) is 3.65. The van der Waals surface area contributed by atoms with Crippen LogP contribution in [0.2, 0.25) is 0 Å². The first-order valence-electron chi connectivity index (χ1n) is 5.00. The van der Waals surface area contributed by atoms with Crippen LogP contribution in [0.25, 0.3) is 11.6 Å². The summed E-state index contributed by atoms with van der Waals surface area (Å²) in [5.74, 6) is -2.84. The number of hydrogen-bond acceptors (Lipinski definition) is 2. The molecule has 1 heterocycles. The summed E-state index contributed by atoms with van der Waals surface area (Å²) in [5.41, 5.74) is 0.542. The summed E-state index contributed by atoms with van der Waals surface area (Å²) in [6, 6.07) is 4.42. The average Bonchev–Trinajstić information content (AvgIpc) is 2.76. The monoisotopic (exact) mass is 266 g/mol. The molecule has 0 atom stereocenters. The number of carboxylic acids is 1. The van der Waals surface area contributed by atoms with Crippen molar-refractivity contribution in [3.8, 4) is 0 Å². The van der Waals surface area contributed by atoms with Crippen molar-refractivity contribution in [1.29, 1.82) is 0 Å². The zero-order valence-corrected chi connectivity index (χ0v) is 9.88. The molecule has 0 aliphatic rings. The molecule has 1 N–H and O–H groups in total. The summed E-state index contributed by atoms with van der Waals surface area (Å²) in [6.07, 6.45) is 1.38. The van der Waals surface area contributed by atoms with Crippen molar-refractivity contribution in [3.63, 3.8) is 0 Å². The van der Waals surface area contributed by atoms with Gasteiger partial charge in [0.2, 0.25) is 0 Å². The van der Waals surface area contributed by atoms with E-state index in [0.717, 1.165) is 12.1 Å². The molecule has 0 fully saturated rings. The highest BCUT2D eigenvalue weighted by atomic mass is 32.1. The number of carboxylic acid groups (broad SMARTS) is 1. The second-order valence-corrected chi connectivity index (χ2v) is 4.36. The third-order valence-electron chi connectivity index (χ3n) is 2.26. The molecule has 0 amide bonds. The Morgan fingerprint density at radius 2 is 1.89 bits per heavy atom. The van der Waals surface area contributed by atoms with E-state index < -0.39 is 17.6 Å². The largest absolute Gasteiger partial charge is 0.478 e. The Kier molecular flexibility index (Phi) is 3.53. The van der Waals surface area contributed by atoms with E-state index in [1.807, 2.05) is 0 Å². The Bertz CT molecular complexity index is 583. The summed E-state index contributed by atoms with van der Waals surface area (Å²) in [7, 11) is 0. The molecule has 0 saturated carbocycles. The predicted molar refractivity (Wildman–Crippen MR) is 66.2 cm³/mol. The van der Waals surface area contributed by atoms with E-state index in [4.69, 9.17) is 5.11 Å². The molecule has 0 aliphatic heterocycles. The minimum atomic E-state index is -1.23. The van der Waals surface area contributed by atoms with Gasteiger partial charge in [-0.05, 0) is 46.2 Å². The Morgan fingerprint density at radius 1 is 1.22 bits per heavy atom. The molecule has 1 aromatic heterocycles. The van der Waals surface area contributed by atoms with Gasteiger partial charge in [0.1, 0.15) is 11.6 Å². The minimum Gasteiger partial charge on any atom is -0.478 e. The van der Waals surface area contributed by atoms with Crippen molar-refractivity contribution >= 4 is 29.0 Å². The van der Waals surface area contributed by atoms with Crippen LogP contribution in [0.4, 0.5) is 8.78 Å². The highest BCUT2D eigenvalue weighted by Crippen LogP contribution is 2.21. The fourth-order valence-corrected chi connectivity index (χ4v) is 2.12. The number of benzene rings is 1. The molecular formula is C13H8F2O2S. The van der Waals surface area contributed by atoms with Crippen LogP contribution < -0.4 is 0 Å². The van der Waals surface area contributed by atoms with Gasteiger partial charge in [0.15, 0.2) is 0 Å². The molecule has 0 bridgehead atoms. The van der Waals surface area contributed by atoms with Gasteiger partial charge >= 0.3 is 5.97 Å². The van der Waals surface area contributed by atoms with Crippen molar-refractivity contribution < 1.29 is 18.7 Å².